The summed E-state index contributed by atoms with van der Waals surface area (Å²) in [5.41, 5.74) is 0.372. The standard InChI is InChI=1S/C15H22O5/c1-9(2)14(16)19-8-7-18-10(3)13-11-5-4-6-12(11)15(17)20-13/h10-13H,1,4-8H2,2-3H3. The first-order valence-corrected chi connectivity index (χ1v) is 7.15. The Labute approximate surface area is 119 Å². The van der Waals surface area contributed by atoms with Gasteiger partial charge in [0, 0.05) is 11.5 Å². The van der Waals surface area contributed by atoms with E-state index in [4.69, 9.17) is 14.2 Å². The Morgan fingerprint density at radius 1 is 1.45 bits per heavy atom. The van der Waals surface area contributed by atoms with Crippen LogP contribution >= 0.6 is 0 Å². The average Bonchev–Trinajstić information content (AvgIpc) is 2.98. The van der Waals surface area contributed by atoms with Crippen LogP contribution in [0.25, 0.3) is 0 Å². The van der Waals surface area contributed by atoms with Gasteiger partial charge in [-0.2, -0.15) is 0 Å². The lowest BCUT2D eigenvalue weighted by Crippen LogP contribution is -2.32. The van der Waals surface area contributed by atoms with Crippen LogP contribution in [0.5, 0.6) is 0 Å². The average molecular weight is 282 g/mol. The molecular formula is C15H22O5. The molecule has 0 amide bonds. The van der Waals surface area contributed by atoms with Gasteiger partial charge in [0.15, 0.2) is 0 Å². The molecule has 112 valence electrons. The van der Waals surface area contributed by atoms with Crippen molar-refractivity contribution in [3.8, 4) is 0 Å². The first-order chi connectivity index (χ1) is 9.50. The van der Waals surface area contributed by atoms with Gasteiger partial charge in [0.2, 0.25) is 0 Å². The molecule has 0 N–H and O–H groups in total. The monoisotopic (exact) mass is 282 g/mol. The fraction of sp³-hybridized carbons (Fsp3) is 0.733. The topological polar surface area (TPSA) is 61.8 Å². The maximum absolute atomic E-state index is 11.7. The van der Waals surface area contributed by atoms with Crippen LogP contribution in [-0.4, -0.2) is 37.4 Å². The number of carbonyl (C=O) groups excluding carboxylic acids is 2. The van der Waals surface area contributed by atoms with Crippen LogP contribution in [0.3, 0.4) is 0 Å². The van der Waals surface area contributed by atoms with Crippen LogP contribution in [0.1, 0.15) is 33.1 Å². The number of cyclic esters (lactones) is 1. The highest BCUT2D eigenvalue weighted by Crippen LogP contribution is 2.42. The Balaban J connectivity index is 1.72. The molecular weight excluding hydrogens is 260 g/mol. The van der Waals surface area contributed by atoms with Gasteiger partial charge in [-0.25, -0.2) is 4.79 Å². The van der Waals surface area contributed by atoms with Crippen molar-refractivity contribution in [2.24, 2.45) is 11.8 Å². The van der Waals surface area contributed by atoms with Crippen molar-refractivity contribution in [1.29, 1.82) is 0 Å². The second kappa shape index (κ2) is 6.39. The maximum Gasteiger partial charge on any atom is 0.333 e. The van der Waals surface area contributed by atoms with Crippen LogP contribution in [0, 0.1) is 11.8 Å². The van der Waals surface area contributed by atoms with Gasteiger partial charge in [0.1, 0.15) is 12.7 Å². The van der Waals surface area contributed by atoms with Crippen molar-refractivity contribution < 1.29 is 23.8 Å². The summed E-state index contributed by atoms with van der Waals surface area (Å²) in [4.78, 5) is 22.9. The SMILES string of the molecule is C=C(C)C(=O)OCCOC(C)C1OC(=O)C2CCCC21. The normalized spacial score (nSPS) is 29.7. The van der Waals surface area contributed by atoms with E-state index < -0.39 is 5.97 Å². The number of fused-ring (bicyclic) bond motifs is 1. The third-order valence-corrected chi connectivity index (χ3v) is 4.05. The van der Waals surface area contributed by atoms with Crippen LogP contribution in [-0.2, 0) is 23.8 Å². The quantitative estimate of drug-likeness (QED) is 0.423. The summed E-state index contributed by atoms with van der Waals surface area (Å²) in [5, 5.41) is 0. The predicted octanol–water partition coefficient (Wildman–Crippen LogP) is 1.85. The Hall–Kier alpha value is -1.36. The molecule has 1 aliphatic carbocycles. The lowest BCUT2D eigenvalue weighted by Gasteiger charge is -2.23. The molecule has 5 heteroatoms. The zero-order chi connectivity index (χ0) is 14.7. The molecule has 1 aliphatic heterocycles. The Morgan fingerprint density at radius 3 is 2.90 bits per heavy atom. The fourth-order valence-corrected chi connectivity index (χ4v) is 3.01. The molecule has 1 heterocycles. The summed E-state index contributed by atoms with van der Waals surface area (Å²) in [6.07, 6.45) is 2.72. The summed E-state index contributed by atoms with van der Waals surface area (Å²) in [7, 11) is 0. The minimum Gasteiger partial charge on any atom is -0.460 e. The largest absolute Gasteiger partial charge is 0.460 e. The molecule has 2 fully saturated rings. The first-order valence-electron chi connectivity index (χ1n) is 7.15. The number of esters is 2. The van der Waals surface area contributed by atoms with Gasteiger partial charge in [-0.1, -0.05) is 13.0 Å². The highest BCUT2D eigenvalue weighted by Gasteiger charge is 2.49. The lowest BCUT2D eigenvalue weighted by molar-refractivity contribution is -0.151. The summed E-state index contributed by atoms with van der Waals surface area (Å²) in [6.45, 7) is 7.49. The van der Waals surface area contributed by atoms with Gasteiger partial charge in [-0.05, 0) is 26.7 Å². The van der Waals surface area contributed by atoms with Crippen LogP contribution in [0.2, 0.25) is 0 Å². The van der Waals surface area contributed by atoms with Gasteiger partial charge >= 0.3 is 11.9 Å². The molecule has 1 saturated heterocycles. The van der Waals surface area contributed by atoms with Crippen molar-refractivity contribution in [2.45, 2.75) is 45.3 Å². The second-order valence-corrected chi connectivity index (χ2v) is 5.59. The van der Waals surface area contributed by atoms with E-state index in [-0.39, 0.29) is 36.6 Å². The van der Waals surface area contributed by atoms with Crippen molar-refractivity contribution in [3.63, 3.8) is 0 Å². The van der Waals surface area contributed by atoms with Gasteiger partial charge < -0.3 is 14.2 Å². The third kappa shape index (κ3) is 3.20. The highest BCUT2D eigenvalue weighted by atomic mass is 16.6. The fourth-order valence-electron chi connectivity index (χ4n) is 3.01. The minimum atomic E-state index is -0.413. The van der Waals surface area contributed by atoms with E-state index in [9.17, 15) is 9.59 Å². The molecule has 2 rings (SSSR count). The molecule has 0 aromatic rings. The first kappa shape index (κ1) is 15.0. The van der Waals surface area contributed by atoms with Crippen molar-refractivity contribution in [2.75, 3.05) is 13.2 Å². The van der Waals surface area contributed by atoms with E-state index in [2.05, 4.69) is 6.58 Å². The van der Waals surface area contributed by atoms with Gasteiger partial charge in [0.25, 0.3) is 0 Å². The summed E-state index contributed by atoms with van der Waals surface area (Å²) < 4.78 is 16.0. The molecule has 2 aliphatic rings. The van der Waals surface area contributed by atoms with Crippen molar-refractivity contribution >= 4 is 11.9 Å². The lowest BCUT2D eigenvalue weighted by atomic mass is 9.91. The summed E-state index contributed by atoms with van der Waals surface area (Å²) in [5.74, 6) is -0.145. The van der Waals surface area contributed by atoms with E-state index in [1.165, 1.54) is 0 Å². The molecule has 0 bridgehead atoms. The van der Waals surface area contributed by atoms with Crippen molar-refractivity contribution in [3.05, 3.63) is 12.2 Å². The number of hydrogen-bond donors (Lipinski definition) is 0. The smallest absolute Gasteiger partial charge is 0.333 e. The predicted molar refractivity (Wildman–Crippen MR) is 71.9 cm³/mol. The van der Waals surface area contributed by atoms with E-state index in [1.54, 1.807) is 6.92 Å². The van der Waals surface area contributed by atoms with Crippen LogP contribution < -0.4 is 0 Å². The zero-order valence-electron chi connectivity index (χ0n) is 12.1. The molecule has 4 atom stereocenters. The Bertz CT molecular complexity index is 403. The van der Waals surface area contributed by atoms with E-state index in [1.807, 2.05) is 6.92 Å². The van der Waals surface area contributed by atoms with Gasteiger partial charge in [0.05, 0.1) is 18.6 Å². The molecule has 1 saturated carbocycles. The number of ether oxygens (including phenoxy) is 3. The third-order valence-electron chi connectivity index (χ3n) is 4.05. The number of carbonyl (C=O) groups is 2. The molecule has 20 heavy (non-hydrogen) atoms. The van der Waals surface area contributed by atoms with Gasteiger partial charge in [-0.3, -0.25) is 4.79 Å². The highest BCUT2D eigenvalue weighted by molar-refractivity contribution is 5.86. The van der Waals surface area contributed by atoms with Gasteiger partial charge in [-0.15, -0.1) is 0 Å². The Morgan fingerprint density at radius 2 is 2.20 bits per heavy atom. The molecule has 0 aromatic carbocycles. The van der Waals surface area contributed by atoms with Crippen LogP contribution in [0.15, 0.2) is 12.2 Å². The number of hydrogen-bond acceptors (Lipinski definition) is 5. The molecule has 0 spiro atoms. The second-order valence-electron chi connectivity index (χ2n) is 5.59. The minimum absolute atomic E-state index is 0.0623. The van der Waals surface area contributed by atoms with E-state index >= 15 is 0 Å². The molecule has 0 aromatic heterocycles. The van der Waals surface area contributed by atoms with E-state index in [0.717, 1.165) is 19.3 Å². The molecule has 0 radical (unpaired) electrons. The zero-order valence-corrected chi connectivity index (χ0v) is 12.1. The molecule has 4 unspecified atom stereocenters. The number of rotatable bonds is 6. The summed E-state index contributed by atoms with van der Waals surface area (Å²) in [6, 6.07) is 0. The van der Waals surface area contributed by atoms with E-state index in [0.29, 0.717) is 12.2 Å². The maximum atomic E-state index is 11.7. The van der Waals surface area contributed by atoms with Crippen LogP contribution in [0.4, 0.5) is 0 Å². The van der Waals surface area contributed by atoms with Crippen molar-refractivity contribution in [1.82, 2.24) is 0 Å². The Kier molecular flexibility index (Phi) is 4.81. The molecule has 5 nitrogen and oxygen atoms in total. The summed E-state index contributed by atoms with van der Waals surface area (Å²) >= 11 is 0.